The number of fused-ring (bicyclic) bond motifs is 1. The van der Waals surface area contributed by atoms with E-state index in [1.165, 1.54) is 15.9 Å². The standard InChI is InChI=1S/C34H45N7O10/c1-2-50-34(48)41-15-13-40(14-16-41)33(47)26(7-8-31(44)45)36-32(46)27-21-28(24-5-3-4-6-25(24)35-27)51-23-30(43)38-11-9-37(10-12-38)22-29(42)39-17-19-49-20-18-39/h3-6,21,26H,2,7-20,22-23H2,1H3,(H,36,46)(H,44,45). The van der Waals surface area contributed by atoms with E-state index in [4.69, 9.17) is 14.2 Å². The molecule has 17 heteroatoms. The minimum Gasteiger partial charge on any atom is -0.483 e. The Kier molecular flexibility index (Phi) is 13.0. The van der Waals surface area contributed by atoms with Crippen molar-refractivity contribution in [3.8, 4) is 5.75 Å². The monoisotopic (exact) mass is 711 g/mol. The Morgan fingerprint density at radius 1 is 0.863 bits per heavy atom. The van der Waals surface area contributed by atoms with Gasteiger partial charge in [-0.1, -0.05) is 12.1 Å². The number of pyridine rings is 1. The number of benzene rings is 1. The van der Waals surface area contributed by atoms with E-state index in [1.807, 2.05) is 4.90 Å². The second-order valence-corrected chi connectivity index (χ2v) is 12.4. The minimum atomic E-state index is -1.16. The quantitative estimate of drug-likeness (QED) is 0.297. The Morgan fingerprint density at radius 3 is 2.20 bits per heavy atom. The van der Waals surface area contributed by atoms with Gasteiger partial charge in [-0.15, -0.1) is 0 Å². The number of aromatic nitrogens is 1. The van der Waals surface area contributed by atoms with E-state index in [9.17, 15) is 33.9 Å². The first kappa shape index (κ1) is 37.2. The Labute approximate surface area is 295 Å². The summed E-state index contributed by atoms with van der Waals surface area (Å²) < 4.78 is 16.3. The number of nitrogens with one attached hydrogen (secondary N) is 1. The van der Waals surface area contributed by atoms with Gasteiger partial charge in [0.15, 0.2) is 6.61 Å². The zero-order valence-corrected chi connectivity index (χ0v) is 28.8. The van der Waals surface area contributed by atoms with E-state index in [0.29, 0.717) is 69.9 Å². The van der Waals surface area contributed by atoms with E-state index in [-0.39, 0.29) is 75.5 Å². The van der Waals surface area contributed by atoms with Crippen molar-refractivity contribution < 1.29 is 48.1 Å². The number of morpholine rings is 1. The highest BCUT2D eigenvalue weighted by Crippen LogP contribution is 2.26. The van der Waals surface area contributed by atoms with Crippen LogP contribution in [0.3, 0.4) is 0 Å². The van der Waals surface area contributed by atoms with Crippen molar-refractivity contribution in [2.45, 2.75) is 25.8 Å². The molecule has 3 aliphatic heterocycles. The molecule has 0 radical (unpaired) electrons. The number of hydrogen-bond donors (Lipinski definition) is 2. The largest absolute Gasteiger partial charge is 0.483 e. The number of carboxylic acids is 1. The zero-order valence-electron chi connectivity index (χ0n) is 28.8. The molecule has 5 rings (SSSR count). The summed E-state index contributed by atoms with van der Waals surface area (Å²) in [4.78, 5) is 89.3. The van der Waals surface area contributed by atoms with Gasteiger partial charge in [0.2, 0.25) is 11.8 Å². The third-order valence-electron chi connectivity index (χ3n) is 9.08. The zero-order chi connectivity index (χ0) is 36.3. The second-order valence-electron chi connectivity index (χ2n) is 12.4. The van der Waals surface area contributed by atoms with Crippen LogP contribution in [0, 0.1) is 0 Å². The average molecular weight is 712 g/mol. The third kappa shape index (κ3) is 10.0. The Bertz CT molecular complexity index is 1580. The summed E-state index contributed by atoms with van der Waals surface area (Å²) in [5.41, 5.74) is 0.351. The summed E-state index contributed by atoms with van der Waals surface area (Å²) in [6.07, 6.45) is -0.991. The van der Waals surface area contributed by atoms with Crippen LogP contribution >= 0.6 is 0 Å². The molecule has 51 heavy (non-hydrogen) atoms. The van der Waals surface area contributed by atoms with Crippen LogP contribution in [0.4, 0.5) is 4.79 Å². The first-order valence-corrected chi connectivity index (χ1v) is 17.2. The number of hydrogen-bond acceptors (Lipinski definition) is 11. The molecule has 2 N–H and O–H groups in total. The van der Waals surface area contributed by atoms with Crippen molar-refractivity contribution in [3.05, 3.63) is 36.0 Å². The van der Waals surface area contributed by atoms with Crippen LogP contribution in [-0.4, -0.2) is 175 Å². The maximum Gasteiger partial charge on any atom is 0.409 e. The highest BCUT2D eigenvalue weighted by Gasteiger charge is 2.32. The summed E-state index contributed by atoms with van der Waals surface area (Å²) in [5, 5.41) is 12.6. The molecule has 1 aromatic carbocycles. The van der Waals surface area contributed by atoms with Crippen LogP contribution < -0.4 is 10.1 Å². The molecule has 0 aliphatic carbocycles. The van der Waals surface area contributed by atoms with Crippen LogP contribution in [0.25, 0.3) is 10.9 Å². The fourth-order valence-corrected chi connectivity index (χ4v) is 6.17. The Morgan fingerprint density at radius 2 is 1.51 bits per heavy atom. The molecule has 3 aliphatic rings. The van der Waals surface area contributed by atoms with Gasteiger partial charge < -0.3 is 44.2 Å². The third-order valence-corrected chi connectivity index (χ3v) is 9.08. The van der Waals surface area contributed by atoms with E-state index in [1.54, 1.807) is 41.0 Å². The summed E-state index contributed by atoms with van der Waals surface area (Å²) in [6, 6.07) is 7.20. The lowest BCUT2D eigenvalue weighted by atomic mass is 10.1. The van der Waals surface area contributed by atoms with Gasteiger partial charge >= 0.3 is 12.1 Å². The van der Waals surface area contributed by atoms with Gasteiger partial charge in [-0.3, -0.25) is 28.9 Å². The fraction of sp³-hybridized carbons (Fsp3) is 0.559. The molecule has 4 heterocycles. The molecule has 5 amide bonds. The van der Waals surface area contributed by atoms with Crippen molar-refractivity contribution in [1.82, 2.24) is 34.8 Å². The molecule has 1 atom stereocenters. The molecule has 1 aromatic heterocycles. The van der Waals surface area contributed by atoms with Gasteiger partial charge in [0.1, 0.15) is 17.5 Å². The van der Waals surface area contributed by atoms with Crippen molar-refractivity contribution >= 4 is 46.6 Å². The van der Waals surface area contributed by atoms with Crippen LogP contribution in [-0.2, 0) is 28.7 Å². The number of amides is 5. The smallest absolute Gasteiger partial charge is 0.409 e. The number of ether oxygens (including phenoxy) is 3. The number of carboxylic acid groups (broad SMARTS) is 1. The molecule has 0 spiro atoms. The molecular formula is C34H45N7O10. The number of piperazine rings is 2. The van der Waals surface area contributed by atoms with Gasteiger partial charge in [0.05, 0.1) is 31.9 Å². The predicted molar refractivity (Wildman–Crippen MR) is 181 cm³/mol. The SMILES string of the molecule is CCOC(=O)N1CCN(C(=O)C(CCC(=O)O)NC(=O)c2cc(OCC(=O)N3CCN(CC(=O)N4CCOCC4)CC3)c3ccccc3n2)CC1. The van der Waals surface area contributed by atoms with Crippen molar-refractivity contribution in [2.24, 2.45) is 0 Å². The molecule has 276 valence electrons. The first-order chi connectivity index (χ1) is 24.6. The Balaban J connectivity index is 1.20. The summed E-state index contributed by atoms with van der Waals surface area (Å²) in [7, 11) is 0. The number of rotatable bonds is 12. The highest BCUT2D eigenvalue weighted by atomic mass is 16.6. The molecule has 3 saturated heterocycles. The van der Waals surface area contributed by atoms with Crippen molar-refractivity contribution in [1.29, 1.82) is 0 Å². The maximum atomic E-state index is 13.6. The van der Waals surface area contributed by atoms with Gasteiger partial charge in [-0.05, 0) is 25.5 Å². The molecule has 0 saturated carbocycles. The number of para-hydroxylation sites is 1. The Hall–Kier alpha value is -5.03. The van der Waals surface area contributed by atoms with Crippen LogP contribution in [0.15, 0.2) is 30.3 Å². The summed E-state index contributed by atoms with van der Waals surface area (Å²) >= 11 is 0. The van der Waals surface area contributed by atoms with E-state index in [0.717, 1.165) is 0 Å². The summed E-state index contributed by atoms with van der Waals surface area (Å²) in [5.74, 6) is -2.26. The van der Waals surface area contributed by atoms with Crippen molar-refractivity contribution in [2.75, 3.05) is 98.4 Å². The summed E-state index contributed by atoms with van der Waals surface area (Å²) in [6.45, 7) is 7.02. The van der Waals surface area contributed by atoms with Gasteiger partial charge in [0, 0.05) is 83.3 Å². The molecule has 1 unspecified atom stereocenters. The van der Waals surface area contributed by atoms with Crippen molar-refractivity contribution in [3.63, 3.8) is 0 Å². The number of carbonyl (C=O) groups excluding carboxylic acids is 5. The van der Waals surface area contributed by atoms with Gasteiger partial charge in [-0.25, -0.2) is 9.78 Å². The maximum absolute atomic E-state index is 13.6. The lowest BCUT2D eigenvalue weighted by Crippen LogP contribution is -2.56. The first-order valence-electron chi connectivity index (χ1n) is 17.2. The average Bonchev–Trinajstić information content (AvgIpc) is 3.15. The predicted octanol–water partition coefficient (Wildman–Crippen LogP) is -0.119. The highest BCUT2D eigenvalue weighted by molar-refractivity contribution is 5.99. The molecule has 3 fully saturated rings. The molecule has 0 bridgehead atoms. The fourth-order valence-electron chi connectivity index (χ4n) is 6.17. The van der Waals surface area contributed by atoms with Crippen LogP contribution in [0.1, 0.15) is 30.3 Å². The van der Waals surface area contributed by atoms with Gasteiger partial charge in [0.25, 0.3) is 11.8 Å². The number of nitrogens with zero attached hydrogens (tertiary/aromatic N) is 6. The normalized spacial score (nSPS) is 17.5. The minimum absolute atomic E-state index is 0.0530. The second kappa shape index (κ2) is 17.8. The topological polar surface area (TPSA) is 191 Å². The number of aliphatic carboxylic acids is 1. The molecule has 2 aromatic rings. The van der Waals surface area contributed by atoms with Gasteiger partial charge in [-0.2, -0.15) is 0 Å². The lowest BCUT2D eigenvalue weighted by Gasteiger charge is -2.36. The van der Waals surface area contributed by atoms with Crippen LogP contribution in [0.5, 0.6) is 5.75 Å². The van der Waals surface area contributed by atoms with E-state index in [2.05, 4.69) is 10.3 Å². The van der Waals surface area contributed by atoms with E-state index >= 15 is 0 Å². The van der Waals surface area contributed by atoms with Crippen LogP contribution in [0.2, 0.25) is 0 Å². The van der Waals surface area contributed by atoms with E-state index < -0.39 is 29.9 Å². The molecular weight excluding hydrogens is 666 g/mol. The molecule has 17 nitrogen and oxygen atoms in total. The number of carbonyl (C=O) groups is 6. The lowest BCUT2D eigenvalue weighted by molar-refractivity contribution is -0.140.